The van der Waals surface area contributed by atoms with Crippen molar-refractivity contribution in [1.82, 2.24) is 4.90 Å². The molecule has 0 aromatic heterocycles. The molecule has 0 spiro atoms. The SMILES string of the molecule is COc1cc(NC(=S)N2CCC[C@H](CO)C2)c(OC)cc1Cl. The predicted molar refractivity (Wildman–Crippen MR) is 92.2 cm³/mol. The van der Waals surface area contributed by atoms with Gasteiger partial charge in [-0.25, -0.2) is 0 Å². The summed E-state index contributed by atoms with van der Waals surface area (Å²) in [5.74, 6) is 1.43. The number of nitrogens with one attached hydrogen (secondary N) is 1. The van der Waals surface area contributed by atoms with Crippen LogP contribution in [0.3, 0.4) is 0 Å². The van der Waals surface area contributed by atoms with E-state index in [1.807, 2.05) is 0 Å². The minimum Gasteiger partial charge on any atom is -0.495 e. The van der Waals surface area contributed by atoms with Crippen LogP contribution in [0.2, 0.25) is 5.02 Å². The minimum atomic E-state index is 0.192. The minimum absolute atomic E-state index is 0.192. The van der Waals surface area contributed by atoms with Crippen molar-refractivity contribution in [2.24, 2.45) is 5.92 Å². The van der Waals surface area contributed by atoms with Gasteiger partial charge in [-0.1, -0.05) is 11.6 Å². The Balaban J connectivity index is 2.13. The number of aliphatic hydroxyl groups is 1. The smallest absolute Gasteiger partial charge is 0.173 e. The summed E-state index contributed by atoms with van der Waals surface area (Å²) in [7, 11) is 3.14. The van der Waals surface area contributed by atoms with Crippen LogP contribution in [-0.2, 0) is 0 Å². The summed E-state index contributed by atoms with van der Waals surface area (Å²) in [5.41, 5.74) is 0.708. The maximum atomic E-state index is 9.32. The van der Waals surface area contributed by atoms with Crippen LogP contribution in [0.1, 0.15) is 12.8 Å². The topological polar surface area (TPSA) is 54.0 Å². The van der Waals surface area contributed by atoms with Crippen molar-refractivity contribution in [2.75, 3.05) is 39.2 Å². The first-order valence-corrected chi connectivity index (χ1v) is 7.96. The molecule has 1 aliphatic rings. The van der Waals surface area contributed by atoms with Crippen molar-refractivity contribution in [1.29, 1.82) is 0 Å². The van der Waals surface area contributed by atoms with Crippen LogP contribution in [0.5, 0.6) is 11.5 Å². The van der Waals surface area contributed by atoms with Crippen LogP contribution in [0.25, 0.3) is 0 Å². The number of thiocarbonyl (C=S) groups is 1. The van der Waals surface area contributed by atoms with Crippen LogP contribution in [-0.4, -0.2) is 49.0 Å². The lowest BCUT2D eigenvalue weighted by Crippen LogP contribution is -2.43. The van der Waals surface area contributed by atoms with Gasteiger partial charge < -0.3 is 24.8 Å². The Labute approximate surface area is 141 Å². The molecule has 5 nitrogen and oxygen atoms in total. The monoisotopic (exact) mass is 344 g/mol. The van der Waals surface area contributed by atoms with E-state index in [1.165, 1.54) is 0 Å². The van der Waals surface area contributed by atoms with Gasteiger partial charge in [0.15, 0.2) is 5.11 Å². The molecule has 0 aliphatic carbocycles. The summed E-state index contributed by atoms with van der Waals surface area (Å²) in [6.07, 6.45) is 2.06. The van der Waals surface area contributed by atoms with Crippen LogP contribution in [0.15, 0.2) is 12.1 Å². The van der Waals surface area contributed by atoms with Crippen molar-refractivity contribution in [3.05, 3.63) is 17.2 Å². The van der Waals surface area contributed by atoms with E-state index in [4.69, 9.17) is 33.3 Å². The number of nitrogens with zero attached hydrogens (tertiary/aromatic N) is 1. The fraction of sp³-hybridized carbons (Fsp3) is 0.533. The van der Waals surface area contributed by atoms with Gasteiger partial charge in [-0.3, -0.25) is 0 Å². The van der Waals surface area contributed by atoms with Gasteiger partial charge in [-0.15, -0.1) is 0 Å². The molecule has 0 unspecified atom stereocenters. The van der Waals surface area contributed by atoms with Gasteiger partial charge in [0.1, 0.15) is 11.5 Å². The first kappa shape index (κ1) is 17.1. The molecule has 0 radical (unpaired) electrons. The predicted octanol–water partition coefficient (Wildman–Crippen LogP) is 2.76. The molecule has 1 heterocycles. The zero-order valence-electron chi connectivity index (χ0n) is 12.8. The van der Waals surface area contributed by atoms with Crippen molar-refractivity contribution < 1.29 is 14.6 Å². The molecule has 1 atom stereocenters. The van der Waals surface area contributed by atoms with Gasteiger partial charge in [0.05, 0.1) is 24.9 Å². The lowest BCUT2D eigenvalue weighted by Gasteiger charge is -2.34. The summed E-state index contributed by atoms with van der Waals surface area (Å²) in [5, 5.41) is 13.6. The fourth-order valence-electron chi connectivity index (χ4n) is 2.55. The maximum absolute atomic E-state index is 9.32. The Hall–Kier alpha value is -1.24. The van der Waals surface area contributed by atoms with E-state index >= 15 is 0 Å². The first-order chi connectivity index (χ1) is 10.6. The number of likely N-dealkylation sites (tertiary alicyclic amines) is 1. The summed E-state index contributed by atoms with van der Waals surface area (Å²) >= 11 is 11.6. The molecule has 0 amide bonds. The molecule has 0 bridgehead atoms. The van der Waals surface area contributed by atoms with Crippen molar-refractivity contribution in [3.63, 3.8) is 0 Å². The average molecular weight is 345 g/mol. The number of benzene rings is 1. The molecule has 1 aliphatic heterocycles. The molecule has 2 N–H and O–H groups in total. The highest BCUT2D eigenvalue weighted by Gasteiger charge is 2.22. The summed E-state index contributed by atoms with van der Waals surface area (Å²) in [4.78, 5) is 2.07. The second kappa shape index (κ2) is 7.85. The molecule has 1 fully saturated rings. The molecule has 122 valence electrons. The highest BCUT2D eigenvalue weighted by atomic mass is 35.5. The standard InChI is InChI=1S/C15H21ClN2O3S/c1-20-13-7-12(14(21-2)6-11(13)16)17-15(22)18-5-3-4-10(8-18)9-19/h6-7,10,19H,3-5,8-9H2,1-2H3,(H,17,22)/t10-/m0/s1. The fourth-order valence-corrected chi connectivity index (χ4v) is 3.06. The van der Waals surface area contributed by atoms with Crippen LogP contribution in [0.4, 0.5) is 5.69 Å². The van der Waals surface area contributed by atoms with E-state index in [2.05, 4.69) is 10.2 Å². The Bertz CT molecular complexity index is 542. The molecular weight excluding hydrogens is 324 g/mol. The Morgan fingerprint density at radius 2 is 2.14 bits per heavy atom. The maximum Gasteiger partial charge on any atom is 0.173 e. The molecular formula is C15H21ClN2O3S. The molecule has 1 aromatic rings. The van der Waals surface area contributed by atoms with Gasteiger partial charge in [0.2, 0.25) is 0 Å². The summed E-state index contributed by atoms with van der Waals surface area (Å²) in [6, 6.07) is 3.46. The quantitative estimate of drug-likeness (QED) is 0.819. The number of anilines is 1. The first-order valence-electron chi connectivity index (χ1n) is 7.17. The van der Waals surface area contributed by atoms with E-state index in [-0.39, 0.29) is 12.5 Å². The van der Waals surface area contributed by atoms with E-state index in [9.17, 15) is 5.11 Å². The number of hydrogen-bond acceptors (Lipinski definition) is 4. The van der Waals surface area contributed by atoms with Gasteiger partial charge in [-0.05, 0) is 31.0 Å². The van der Waals surface area contributed by atoms with E-state index in [0.717, 1.165) is 25.9 Å². The van der Waals surface area contributed by atoms with Crippen LogP contribution < -0.4 is 14.8 Å². The molecule has 7 heteroatoms. The summed E-state index contributed by atoms with van der Waals surface area (Å²) < 4.78 is 10.6. The van der Waals surface area contributed by atoms with Gasteiger partial charge in [-0.2, -0.15) is 0 Å². The van der Waals surface area contributed by atoms with Crippen molar-refractivity contribution in [3.8, 4) is 11.5 Å². The van der Waals surface area contributed by atoms with E-state index < -0.39 is 0 Å². The number of ether oxygens (including phenoxy) is 2. The van der Waals surface area contributed by atoms with Gasteiger partial charge in [0.25, 0.3) is 0 Å². The Kier molecular flexibility index (Phi) is 6.11. The second-order valence-corrected chi connectivity index (χ2v) is 6.05. The number of methoxy groups -OCH3 is 2. The van der Waals surface area contributed by atoms with E-state index in [1.54, 1.807) is 26.4 Å². The van der Waals surface area contributed by atoms with Crippen molar-refractivity contribution >= 4 is 34.6 Å². The Morgan fingerprint density at radius 1 is 1.41 bits per heavy atom. The number of piperidine rings is 1. The third-order valence-corrected chi connectivity index (χ3v) is 4.44. The zero-order chi connectivity index (χ0) is 16.1. The largest absolute Gasteiger partial charge is 0.495 e. The average Bonchev–Trinajstić information content (AvgIpc) is 2.55. The number of aliphatic hydroxyl groups excluding tert-OH is 1. The normalized spacial score (nSPS) is 18.0. The zero-order valence-corrected chi connectivity index (χ0v) is 14.3. The molecule has 1 aromatic carbocycles. The third kappa shape index (κ3) is 3.94. The third-order valence-electron chi connectivity index (χ3n) is 3.78. The molecule has 1 saturated heterocycles. The van der Waals surface area contributed by atoms with Crippen LogP contribution in [0, 0.1) is 5.92 Å². The lowest BCUT2D eigenvalue weighted by atomic mass is 9.99. The second-order valence-electron chi connectivity index (χ2n) is 5.25. The highest BCUT2D eigenvalue weighted by molar-refractivity contribution is 7.80. The number of hydrogen-bond donors (Lipinski definition) is 2. The number of rotatable bonds is 4. The summed E-state index contributed by atoms with van der Waals surface area (Å²) in [6.45, 7) is 1.84. The molecule has 2 rings (SSSR count). The lowest BCUT2D eigenvalue weighted by molar-refractivity contribution is 0.162. The molecule has 0 saturated carbocycles. The van der Waals surface area contributed by atoms with Gasteiger partial charge in [0, 0.05) is 31.8 Å². The Morgan fingerprint density at radius 3 is 2.77 bits per heavy atom. The molecule has 22 heavy (non-hydrogen) atoms. The van der Waals surface area contributed by atoms with Crippen LogP contribution >= 0.6 is 23.8 Å². The van der Waals surface area contributed by atoms with E-state index in [0.29, 0.717) is 27.3 Å². The number of halogens is 1. The van der Waals surface area contributed by atoms with Crippen molar-refractivity contribution in [2.45, 2.75) is 12.8 Å². The highest BCUT2D eigenvalue weighted by Crippen LogP contribution is 2.36. The van der Waals surface area contributed by atoms with Gasteiger partial charge >= 0.3 is 0 Å².